The van der Waals surface area contributed by atoms with Crippen LogP contribution in [0.3, 0.4) is 0 Å². The fraction of sp³-hybridized carbons (Fsp3) is 0.300. The Morgan fingerprint density at radius 2 is 1.89 bits per heavy atom. The van der Waals surface area contributed by atoms with Gasteiger partial charge in [-0.3, -0.25) is 14.9 Å². The average Bonchev–Trinajstić information content (AvgIpc) is 2.69. The molecule has 1 heterocycles. The Morgan fingerprint density at radius 1 is 1.15 bits per heavy atom. The van der Waals surface area contributed by atoms with Crippen LogP contribution >= 0.6 is 0 Å². The molecular formula is C20H22N4O3. The first-order chi connectivity index (χ1) is 13.1. The van der Waals surface area contributed by atoms with Gasteiger partial charge in [-0.15, -0.1) is 0 Å². The quantitative estimate of drug-likeness (QED) is 0.483. The summed E-state index contributed by atoms with van der Waals surface area (Å²) < 4.78 is 0. The fourth-order valence-electron chi connectivity index (χ4n) is 3.18. The molecule has 0 bridgehead atoms. The largest absolute Gasteiger partial charge is 0.371 e. The Morgan fingerprint density at radius 3 is 2.59 bits per heavy atom. The molecule has 0 spiro atoms. The second kappa shape index (κ2) is 8.93. The summed E-state index contributed by atoms with van der Waals surface area (Å²) in [4.78, 5) is 24.9. The maximum Gasteiger partial charge on any atom is 0.270 e. The standard InChI is InChI=1S/C20H22N4O3/c25-20(13-16-7-3-1-4-8-16)22-21-15-17-14-18(24(26)27)9-10-19(17)23-11-5-2-6-12-23/h1,3-4,7-10,14-15H,2,5-6,11-13H2,(H,22,25). The molecule has 3 rings (SSSR count). The van der Waals surface area contributed by atoms with Crippen LogP contribution in [-0.2, 0) is 11.2 Å². The van der Waals surface area contributed by atoms with Gasteiger partial charge >= 0.3 is 0 Å². The van der Waals surface area contributed by atoms with Crippen LogP contribution in [0.5, 0.6) is 0 Å². The lowest BCUT2D eigenvalue weighted by Crippen LogP contribution is -2.30. The van der Waals surface area contributed by atoms with E-state index in [2.05, 4.69) is 15.4 Å². The molecule has 0 radical (unpaired) electrons. The van der Waals surface area contributed by atoms with Gasteiger partial charge in [0.2, 0.25) is 5.91 Å². The topological polar surface area (TPSA) is 87.8 Å². The third kappa shape index (κ3) is 5.13. The van der Waals surface area contributed by atoms with E-state index >= 15 is 0 Å². The summed E-state index contributed by atoms with van der Waals surface area (Å²) in [7, 11) is 0. The van der Waals surface area contributed by atoms with E-state index in [-0.39, 0.29) is 18.0 Å². The van der Waals surface area contributed by atoms with E-state index < -0.39 is 4.92 Å². The number of carbonyl (C=O) groups is 1. The summed E-state index contributed by atoms with van der Waals surface area (Å²) in [6.45, 7) is 1.83. The van der Waals surface area contributed by atoms with Crippen LogP contribution in [0.25, 0.3) is 0 Å². The molecular weight excluding hydrogens is 344 g/mol. The second-order valence-electron chi connectivity index (χ2n) is 6.50. The fourth-order valence-corrected chi connectivity index (χ4v) is 3.18. The number of nitro benzene ring substituents is 1. The molecule has 0 aromatic heterocycles. The number of nitrogens with one attached hydrogen (secondary N) is 1. The van der Waals surface area contributed by atoms with Crippen LogP contribution in [0.1, 0.15) is 30.4 Å². The van der Waals surface area contributed by atoms with E-state index in [1.807, 2.05) is 30.3 Å². The summed E-state index contributed by atoms with van der Waals surface area (Å²) in [5, 5.41) is 15.1. The van der Waals surface area contributed by atoms with Gasteiger partial charge in [0.25, 0.3) is 5.69 Å². The number of carbonyl (C=O) groups excluding carboxylic acids is 1. The van der Waals surface area contributed by atoms with Crippen molar-refractivity contribution in [2.24, 2.45) is 5.10 Å². The molecule has 2 aromatic carbocycles. The Balaban J connectivity index is 1.73. The smallest absolute Gasteiger partial charge is 0.270 e. The van der Waals surface area contributed by atoms with Gasteiger partial charge in [-0.25, -0.2) is 5.43 Å². The number of nitro groups is 1. The van der Waals surface area contributed by atoms with E-state index in [0.717, 1.165) is 37.2 Å². The van der Waals surface area contributed by atoms with E-state index in [4.69, 9.17) is 0 Å². The van der Waals surface area contributed by atoms with Crippen LogP contribution in [0.15, 0.2) is 53.6 Å². The Hall–Kier alpha value is -3.22. The number of anilines is 1. The number of piperidine rings is 1. The van der Waals surface area contributed by atoms with Crippen LogP contribution in [0.4, 0.5) is 11.4 Å². The Labute approximate surface area is 157 Å². The number of hydrogen-bond acceptors (Lipinski definition) is 5. The highest BCUT2D eigenvalue weighted by Gasteiger charge is 2.17. The van der Waals surface area contributed by atoms with Gasteiger partial charge in [-0.1, -0.05) is 30.3 Å². The van der Waals surface area contributed by atoms with E-state index in [1.54, 1.807) is 6.07 Å². The monoisotopic (exact) mass is 366 g/mol. The van der Waals surface area contributed by atoms with Crippen LogP contribution in [-0.4, -0.2) is 30.1 Å². The van der Waals surface area contributed by atoms with E-state index in [1.165, 1.54) is 24.8 Å². The summed E-state index contributed by atoms with van der Waals surface area (Å²) in [6, 6.07) is 14.2. The number of hydrazone groups is 1. The molecule has 0 aliphatic carbocycles. The van der Waals surface area contributed by atoms with Crippen LogP contribution in [0.2, 0.25) is 0 Å². The molecule has 7 nitrogen and oxygen atoms in total. The van der Waals surface area contributed by atoms with E-state index in [0.29, 0.717) is 5.56 Å². The molecule has 0 saturated carbocycles. The third-order valence-electron chi connectivity index (χ3n) is 4.52. The van der Waals surface area contributed by atoms with Crippen LogP contribution < -0.4 is 10.3 Å². The van der Waals surface area contributed by atoms with Crippen LogP contribution in [0, 0.1) is 10.1 Å². The number of amides is 1. The zero-order valence-corrected chi connectivity index (χ0v) is 15.0. The maximum atomic E-state index is 12.0. The lowest BCUT2D eigenvalue weighted by molar-refractivity contribution is -0.384. The highest BCUT2D eigenvalue weighted by atomic mass is 16.6. The first kappa shape index (κ1) is 18.6. The molecule has 27 heavy (non-hydrogen) atoms. The second-order valence-corrected chi connectivity index (χ2v) is 6.50. The maximum absolute atomic E-state index is 12.0. The summed E-state index contributed by atoms with van der Waals surface area (Å²) in [6.07, 6.45) is 5.11. The van der Waals surface area contributed by atoms with Crippen molar-refractivity contribution in [1.82, 2.24) is 5.43 Å². The average molecular weight is 366 g/mol. The molecule has 1 saturated heterocycles. The van der Waals surface area contributed by atoms with Crippen molar-refractivity contribution in [1.29, 1.82) is 0 Å². The van der Waals surface area contributed by atoms with Crippen molar-refractivity contribution in [3.63, 3.8) is 0 Å². The van der Waals surface area contributed by atoms with Crippen molar-refractivity contribution in [2.45, 2.75) is 25.7 Å². The number of benzene rings is 2. The lowest BCUT2D eigenvalue weighted by Gasteiger charge is -2.29. The van der Waals surface area contributed by atoms with Gasteiger partial charge in [0, 0.05) is 36.5 Å². The predicted molar refractivity (Wildman–Crippen MR) is 105 cm³/mol. The molecule has 1 amide bonds. The summed E-state index contributed by atoms with van der Waals surface area (Å²) in [5.74, 6) is -0.234. The van der Waals surface area contributed by atoms with Gasteiger partial charge in [0.05, 0.1) is 17.6 Å². The summed E-state index contributed by atoms with van der Waals surface area (Å²) >= 11 is 0. The summed E-state index contributed by atoms with van der Waals surface area (Å²) in [5.41, 5.74) is 4.94. The minimum atomic E-state index is -0.425. The minimum absolute atomic E-state index is 0.00724. The molecule has 1 fully saturated rings. The molecule has 1 aliphatic heterocycles. The Bertz CT molecular complexity index is 830. The number of hydrogen-bond donors (Lipinski definition) is 1. The molecule has 2 aromatic rings. The van der Waals surface area contributed by atoms with Gasteiger partial charge in [-0.05, 0) is 30.9 Å². The van der Waals surface area contributed by atoms with E-state index in [9.17, 15) is 14.9 Å². The van der Waals surface area contributed by atoms with Crippen molar-refractivity contribution in [2.75, 3.05) is 18.0 Å². The molecule has 140 valence electrons. The van der Waals surface area contributed by atoms with Crippen molar-refractivity contribution >= 4 is 23.5 Å². The van der Waals surface area contributed by atoms with Crippen molar-refractivity contribution < 1.29 is 9.72 Å². The number of rotatable bonds is 6. The minimum Gasteiger partial charge on any atom is -0.371 e. The number of nitrogens with zero attached hydrogens (tertiary/aromatic N) is 3. The SMILES string of the molecule is O=C(Cc1ccccc1)NN=Cc1cc([N+](=O)[O-])ccc1N1CCCCC1. The molecule has 1 aliphatic rings. The number of non-ortho nitro benzene ring substituents is 1. The highest BCUT2D eigenvalue weighted by molar-refractivity contribution is 5.90. The normalized spacial score (nSPS) is 14.3. The van der Waals surface area contributed by atoms with Crippen molar-refractivity contribution in [3.8, 4) is 0 Å². The zero-order chi connectivity index (χ0) is 19.1. The first-order valence-corrected chi connectivity index (χ1v) is 9.03. The molecule has 0 unspecified atom stereocenters. The molecule has 7 heteroatoms. The third-order valence-corrected chi connectivity index (χ3v) is 4.52. The first-order valence-electron chi connectivity index (χ1n) is 9.03. The van der Waals surface area contributed by atoms with Gasteiger partial charge in [0.1, 0.15) is 0 Å². The zero-order valence-electron chi connectivity index (χ0n) is 15.0. The van der Waals surface area contributed by atoms with Crippen molar-refractivity contribution in [3.05, 3.63) is 69.8 Å². The molecule has 1 N–H and O–H groups in total. The van der Waals surface area contributed by atoms with Gasteiger partial charge < -0.3 is 4.90 Å². The lowest BCUT2D eigenvalue weighted by atomic mass is 10.1. The highest BCUT2D eigenvalue weighted by Crippen LogP contribution is 2.26. The molecule has 0 atom stereocenters. The van der Waals surface area contributed by atoms with Gasteiger partial charge in [-0.2, -0.15) is 5.10 Å². The Kier molecular flexibility index (Phi) is 6.14. The predicted octanol–water partition coefficient (Wildman–Crippen LogP) is 3.28. The van der Waals surface area contributed by atoms with Gasteiger partial charge in [0.15, 0.2) is 0 Å².